The minimum absolute atomic E-state index is 0.0410. The molecule has 3 N–H and O–H groups in total. The molecule has 1 saturated heterocycles. The van der Waals surface area contributed by atoms with Crippen LogP contribution in [0.5, 0.6) is 0 Å². The van der Waals surface area contributed by atoms with Crippen molar-refractivity contribution < 1.29 is 13.8 Å². The lowest BCUT2D eigenvalue weighted by atomic mass is 10.1. The number of halogens is 1. The molecule has 27 heavy (non-hydrogen) atoms. The van der Waals surface area contributed by atoms with E-state index in [1.165, 1.54) is 0 Å². The van der Waals surface area contributed by atoms with Gasteiger partial charge in [0.15, 0.2) is 11.0 Å². The van der Waals surface area contributed by atoms with Gasteiger partial charge in [0.25, 0.3) is 5.91 Å². The van der Waals surface area contributed by atoms with Crippen molar-refractivity contribution in [3.05, 3.63) is 64.2 Å². The van der Waals surface area contributed by atoms with Gasteiger partial charge in [0.1, 0.15) is 6.54 Å². The zero-order valence-electron chi connectivity index (χ0n) is 14.6. The Bertz CT molecular complexity index is 957. The molecule has 2 aromatic rings. The maximum atomic E-state index is 13.0. The number of anilines is 1. The molecular formula is C19H18ClN3O3S. The van der Waals surface area contributed by atoms with Crippen LogP contribution in [0.25, 0.3) is 6.08 Å². The molecule has 3 rings (SSSR count). The van der Waals surface area contributed by atoms with Crippen LogP contribution in [0.2, 0.25) is 5.02 Å². The highest BCUT2D eigenvalue weighted by molar-refractivity contribution is 7.83. The van der Waals surface area contributed by atoms with Crippen LogP contribution in [-0.4, -0.2) is 33.4 Å². The van der Waals surface area contributed by atoms with Crippen LogP contribution in [0.1, 0.15) is 11.1 Å². The number of benzene rings is 2. The van der Waals surface area contributed by atoms with Crippen molar-refractivity contribution in [2.24, 2.45) is 0 Å². The number of nitrogens with zero attached hydrogens (tertiary/aromatic N) is 1. The van der Waals surface area contributed by atoms with Crippen molar-refractivity contribution in [2.75, 3.05) is 18.8 Å². The van der Waals surface area contributed by atoms with Gasteiger partial charge >= 0.3 is 0 Å². The van der Waals surface area contributed by atoms with Crippen LogP contribution < -0.4 is 11.1 Å². The van der Waals surface area contributed by atoms with Crippen molar-refractivity contribution in [3.8, 4) is 0 Å². The normalized spacial score (nSPS) is 17.6. The molecule has 1 fully saturated rings. The first-order valence-electron chi connectivity index (χ1n) is 8.18. The summed E-state index contributed by atoms with van der Waals surface area (Å²) in [5, 5.41) is 3.15. The molecule has 6 nitrogen and oxygen atoms in total. The van der Waals surface area contributed by atoms with E-state index in [-0.39, 0.29) is 19.0 Å². The zero-order chi connectivity index (χ0) is 19.6. The largest absolute Gasteiger partial charge is 0.398 e. The number of aryl methyl sites for hydroxylation is 1. The SMILES string of the molecule is Cc1ccc(N)c(/C=C2\CNC(=O)CN(S(=O)c3ccc(Cl)cc3)C2=O)c1. The third kappa shape index (κ3) is 4.37. The predicted octanol–water partition coefficient (Wildman–Crippen LogP) is 2.30. The standard InChI is InChI=1S/C19H18ClN3O3S/c1-12-2-7-17(21)13(8-12)9-14-10-22-18(24)11-23(19(14)25)27(26)16-5-3-15(20)4-6-16/h2-9H,10-11,21H2,1H3,(H,22,24)/b14-9+. The first-order valence-corrected chi connectivity index (χ1v) is 9.66. The summed E-state index contributed by atoms with van der Waals surface area (Å²) in [5.41, 5.74) is 8.47. The second-order valence-electron chi connectivity index (χ2n) is 6.12. The van der Waals surface area contributed by atoms with E-state index in [9.17, 15) is 13.8 Å². The van der Waals surface area contributed by atoms with Crippen LogP contribution in [0.4, 0.5) is 5.69 Å². The smallest absolute Gasteiger partial charge is 0.264 e. The van der Waals surface area contributed by atoms with Crippen molar-refractivity contribution >= 4 is 46.2 Å². The van der Waals surface area contributed by atoms with Crippen LogP contribution in [0.15, 0.2) is 52.9 Å². The monoisotopic (exact) mass is 403 g/mol. The fourth-order valence-corrected chi connectivity index (χ4v) is 3.87. The van der Waals surface area contributed by atoms with E-state index in [2.05, 4.69) is 5.32 Å². The number of nitrogens with one attached hydrogen (secondary N) is 1. The molecule has 2 aromatic carbocycles. The molecule has 0 bridgehead atoms. The van der Waals surface area contributed by atoms with Gasteiger partial charge in [-0.05, 0) is 55.0 Å². The third-order valence-electron chi connectivity index (χ3n) is 4.05. The molecule has 0 saturated carbocycles. The van der Waals surface area contributed by atoms with Gasteiger partial charge in [0, 0.05) is 22.8 Å². The van der Waals surface area contributed by atoms with Gasteiger partial charge < -0.3 is 11.1 Å². The second-order valence-corrected chi connectivity index (χ2v) is 7.97. The number of nitrogens with two attached hydrogens (primary N) is 1. The number of nitrogen functional groups attached to an aromatic ring is 1. The quantitative estimate of drug-likeness (QED) is 0.607. The Balaban J connectivity index is 1.97. The summed E-state index contributed by atoms with van der Waals surface area (Å²) in [6, 6.07) is 11.8. The van der Waals surface area contributed by atoms with Gasteiger partial charge in [-0.1, -0.05) is 23.2 Å². The Kier molecular flexibility index (Phi) is 5.62. The number of carbonyl (C=O) groups excluding carboxylic acids is 2. The highest BCUT2D eigenvalue weighted by Gasteiger charge is 2.30. The summed E-state index contributed by atoms with van der Waals surface area (Å²) in [4.78, 5) is 25.4. The van der Waals surface area contributed by atoms with E-state index in [4.69, 9.17) is 17.3 Å². The van der Waals surface area contributed by atoms with Gasteiger partial charge in [-0.3, -0.25) is 9.59 Å². The first-order chi connectivity index (χ1) is 12.8. The summed E-state index contributed by atoms with van der Waals surface area (Å²) < 4.78 is 13.9. The van der Waals surface area contributed by atoms with Crippen molar-refractivity contribution in [2.45, 2.75) is 11.8 Å². The van der Waals surface area contributed by atoms with E-state index in [0.29, 0.717) is 26.7 Å². The average Bonchev–Trinajstić information content (AvgIpc) is 2.78. The Morgan fingerprint density at radius 2 is 1.89 bits per heavy atom. The zero-order valence-corrected chi connectivity index (χ0v) is 16.1. The third-order valence-corrected chi connectivity index (χ3v) is 5.67. The molecule has 1 heterocycles. The second kappa shape index (κ2) is 7.94. The average molecular weight is 404 g/mol. The van der Waals surface area contributed by atoms with E-state index in [1.54, 1.807) is 36.4 Å². The van der Waals surface area contributed by atoms with Gasteiger partial charge in [0.2, 0.25) is 5.91 Å². The molecule has 140 valence electrons. The number of hydrogen-bond donors (Lipinski definition) is 2. The molecule has 0 radical (unpaired) electrons. The molecule has 0 aromatic heterocycles. The van der Waals surface area contributed by atoms with Crippen LogP contribution in [0.3, 0.4) is 0 Å². The fraction of sp³-hybridized carbons (Fsp3) is 0.158. The lowest BCUT2D eigenvalue weighted by Gasteiger charge is -2.19. The molecule has 1 aliphatic rings. The van der Waals surface area contributed by atoms with E-state index in [1.807, 2.05) is 19.1 Å². The number of rotatable bonds is 3. The molecule has 2 amide bonds. The highest BCUT2D eigenvalue weighted by atomic mass is 35.5. The van der Waals surface area contributed by atoms with Gasteiger partial charge in [-0.15, -0.1) is 0 Å². The molecule has 1 atom stereocenters. The Hall–Kier alpha value is -2.64. The minimum atomic E-state index is -1.84. The maximum absolute atomic E-state index is 13.0. The molecular weight excluding hydrogens is 386 g/mol. The number of amides is 2. The summed E-state index contributed by atoms with van der Waals surface area (Å²) in [7, 11) is -1.84. The van der Waals surface area contributed by atoms with E-state index < -0.39 is 16.9 Å². The Labute approximate surface area is 164 Å². The summed E-state index contributed by atoms with van der Waals surface area (Å²) in [6.07, 6.45) is 1.63. The van der Waals surface area contributed by atoms with Crippen LogP contribution >= 0.6 is 11.6 Å². The number of hydrogen-bond acceptors (Lipinski definition) is 4. The van der Waals surface area contributed by atoms with Crippen LogP contribution in [0, 0.1) is 6.92 Å². The molecule has 8 heteroatoms. The summed E-state index contributed by atoms with van der Waals surface area (Å²) in [5.74, 6) is -0.867. The van der Waals surface area contributed by atoms with Gasteiger partial charge in [-0.25, -0.2) is 8.51 Å². The van der Waals surface area contributed by atoms with E-state index >= 15 is 0 Å². The first kappa shape index (κ1) is 19.1. The van der Waals surface area contributed by atoms with E-state index in [0.717, 1.165) is 9.87 Å². The minimum Gasteiger partial charge on any atom is -0.398 e. The lowest BCUT2D eigenvalue weighted by molar-refractivity contribution is -0.126. The topological polar surface area (TPSA) is 92.5 Å². The van der Waals surface area contributed by atoms with Crippen LogP contribution in [-0.2, 0) is 20.6 Å². The summed E-state index contributed by atoms with van der Waals surface area (Å²) >= 11 is 5.86. The predicted molar refractivity (Wildman–Crippen MR) is 106 cm³/mol. The molecule has 1 aliphatic heterocycles. The maximum Gasteiger partial charge on any atom is 0.264 e. The van der Waals surface area contributed by atoms with Crippen molar-refractivity contribution in [1.29, 1.82) is 0 Å². The molecule has 0 spiro atoms. The van der Waals surface area contributed by atoms with Crippen molar-refractivity contribution in [1.82, 2.24) is 9.62 Å². The molecule has 0 aliphatic carbocycles. The Morgan fingerprint density at radius 1 is 1.19 bits per heavy atom. The highest BCUT2D eigenvalue weighted by Crippen LogP contribution is 2.21. The molecule has 1 unspecified atom stereocenters. The van der Waals surface area contributed by atoms with Gasteiger partial charge in [-0.2, -0.15) is 0 Å². The fourth-order valence-electron chi connectivity index (χ4n) is 2.62. The van der Waals surface area contributed by atoms with Crippen molar-refractivity contribution in [3.63, 3.8) is 0 Å². The van der Waals surface area contributed by atoms with Gasteiger partial charge in [0.05, 0.1) is 4.90 Å². The summed E-state index contributed by atoms with van der Waals surface area (Å²) in [6.45, 7) is 1.66. The number of carbonyl (C=O) groups is 2. The Morgan fingerprint density at radius 3 is 2.59 bits per heavy atom. The lowest BCUT2D eigenvalue weighted by Crippen LogP contribution is -2.37.